The van der Waals surface area contributed by atoms with Crippen molar-refractivity contribution in [1.29, 1.82) is 0 Å². The van der Waals surface area contributed by atoms with Gasteiger partial charge in [-0.2, -0.15) is 0 Å². The lowest BCUT2D eigenvalue weighted by atomic mass is 10.1. The van der Waals surface area contributed by atoms with Crippen molar-refractivity contribution in [3.05, 3.63) is 23.8 Å². The number of carbonyl (C=O) groups is 1. The SMILES string of the molecule is COC(=O)c1cccc2c1NCCCN2. The summed E-state index contributed by atoms with van der Waals surface area (Å²) in [5.74, 6) is -0.303. The second kappa shape index (κ2) is 4.21. The molecular weight excluding hydrogens is 192 g/mol. The molecular formula is C11H14N2O2. The van der Waals surface area contributed by atoms with Gasteiger partial charge in [-0.1, -0.05) is 6.07 Å². The molecule has 0 aliphatic carbocycles. The maximum atomic E-state index is 11.5. The summed E-state index contributed by atoms with van der Waals surface area (Å²) in [4.78, 5) is 11.5. The molecule has 0 aromatic heterocycles. The first-order chi connectivity index (χ1) is 7.33. The number of fused-ring (bicyclic) bond motifs is 1. The van der Waals surface area contributed by atoms with Gasteiger partial charge in [0.25, 0.3) is 0 Å². The summed E-state index contributed by atoms with van der Waals surface area (Å²) in [6.07, 6.45) is 1.04. The first-order valence-corrected chi connectivity index (χ1v) is 5.02. The molecule has 0 saturated heterocycles. The number of para-hydroxylation sites is 1. The summed E-state index contributed by atoms with van der Waals surface area (Å²) in [6, 6.07) is 5.58. The highest BCUT2D eigenvalue weighted by atomic mass is 16.5. The van der Waals surface area contributed by atoms with Gasteiger partial charge in [-0.15, -0.1) is 0 Å². The van der Waals surface area contributed by atoms with E-state index < -0.39 is 0 Å². The molecule has 2 rings (SSSR count). The Balaban J connectivity index is 2.43. The van der Waals surface area contributed by atoms with Gasteiger partial charge >= 0.3 is 5.97 Å². The summed E-state index contributed by atoms with van der Waals surface area (Å²) in [5, 5.41) is 6.52. The zero-order chi connectivity index (χ0) is 10.7. The molecule has 0 bridgehead atoms. The highest BCUT2D eigenvalue weighted by molar-refractivity contribution is 5.99. The quantitative estimate of drug-likeness (QED) is 0.687. The second-order valence-corrected chi connectivity index (χ2v) is 3.43. The van der Waals surface area contributed by atoms with E-state index in [0.29, 0.717) is 5.56 Å². The molecule has 4 heteroatoms. The molecule has 0 amide bonds. The first kappa shape index (κ1) is 9.83. The van der Waals surface area contributed by atoms with Crippen molar-refractivity contribution < 1.29 is 9.53 Å². The van der Waals surface area contributed by atoms with Crippen LogP contribution in [0.4, 0.5) is 11.4 Å². The van der Waals surface area contributed by atoms with E-state index in [-0.39, 0.29) is 5.97 Å². The van der Waals surface area contributed by atoms with Crippen LogP contribution in [-0.4, -0.2) is 26.2 Å². The molecule has 1 heterocycles. The average Bonchev–Trinajstić information content (AvgIpc) is 2.52. The van der Waals surface area contributed by atoms with Crippen LogP contribution < -0.4 is 10.6 Å². The Kier molecular flexibility index (Phi) is 2.76. The predicted molar refractivity (Wildman–Crippen MR) is 59.4 cm³/mol. The Hall–Kier alpha value is -1.71. The van der Waals surface area contributed by atoms with Gasteiger partial charge in [-0.25, -0.2) is 4.79 Å². The average molecular weight is 206 g/mol. The van der Waals surface area contributed by atoms with E-state index in [4.69, 9.17) is 4.74 Å². The monoisotopic (exact) mass is 206 g/mol. The number of nitrogens with one attached hydrogen (secondary N) is 2. The van der Waals surface area contributed by atoms with Gasteiger partial charge in [0.2, 0.25) is 0 Å². The van der Waals surface area contributed by atoms with E-state index in [1.54, 1.807) is 6.07 Å². The highest BCUT2D eigenvalue weighted by Gasteiger charge is 2.16. The van der Waals surface area contributed by atoms with Crippen LogP contribution in [0.15, 0.2) is 18.2 Å². The largest absolute Gasteiger partial charge is 0.465 e. The molecule has 1 aliphatic heterocycles. The highest BCUT2D eigenvalue weighted by Crippen LogP contribution is 2.28. The third-order valence-corrected chi connectivity index (χ3v) is 2.44. The number of benzene rings is 1. The molecule has 15 heavy (non-hydrogen) atoms. The van der Waals surface area contributed by atoms with Gasteiger partial charge in [0.1, 0.15) is 0 Å². The maximum absolute atomic E-state index is 11.5. The molecule has 1 aromatic carbocycles. The minimum atomic E-state index is -0.303. The van der Waals surface area contributed by atoms with Crippen molar-refractivity contribution in [2.45, 2.75) is 6.42 Å². The van der Waals surface area contributed by atoms with E-state index in [1.807, 2.05) is 12.1 Å². The van der Waals surface area contributed by atoms with Crippen molar-refractivity contribution in [3.8, 4) is 0 Å². The smallest absolute Gasteiger partial charge is 0.340 e. The first-order valence-electron chi connectivity index (χ1n) is 5.02. The van der Waals surface area contributed by atoms with Gasteiger partial charge in [-0.3, -0.25) is 0 Å². The maximum Gasteiger partial charge on any atom is 0.340 e. The van der Waals surface area contributed by atoms with Crippen LogP contribution in [-0.2, 0) is 4.74 Å². The van der Waals surface area contributed by atoms with E-state index in [2.05, 4.69) is 10.6 Å². The van der Waals surface area contributed by atoms with E-state index in [1.165, 1.54) is 7.11 Å². The van der Waals surface area contributed by atoms with Gasteiger partial charge in [0.05, 0.1) is 24.0 Å². The lowest BCUT2D eigenvalue weighted by molar-refractivity contribution is 0.0602. The zero-order valence-electron chi connectivity index (χ0n) is 8.67. The van der Waals surface area contributed by atoms with Gasteiger partial charge in [0, 0.05) is 13.1 Å². The molecule has 0 radical (unpaired) electrons. The molecule has 80 valence electrons. The molecule has 0 unspecified atom stereocenters. The number of hydrogen-bond acceptors (Lipinski definition) is 4. The number of rotatable bonds is 1. The second-order valence-electron chi connectivity index (χ2n) is 3.43. The molecule has 1 aromatic rings. The fourth-order valence-electron chi connectivity index (χ4n) is 1.69. The van der Waals surface area contributed by atoms with Crippen molar-refractivity contribution in [2.75, 3.05) is 30.8 Å². The molecule has 1 aliphatic rings. The number of carbonyl (C=O) groups excluding carboxylic acids is 1. The number of anilines is 2. The number of ether oxygens (including phenoxy) is 1. The zero-order valence-corrected chi connectivity index (χ0v) is 8.67. The molecule has 0 saturated carbocycles. The van der Waals surface area contributed by atoms with Crippen LogP contribution in [0.1, 0.15) is 16.8 Å². The molecule has 0 atom stereocenters. The lowest BCUT2D eigenvalue weighted by Gasteiger charge is -2.12. The van der Waals surface area contributed by atoms with Crippen molar-refractivity contribution >= 4 is 17.3 Å². The van der Waals surface area contributed by atoms with Crippen molar-refractivity contribution in [2.24, 2.45) is 0 Å². The lowest BCUT2D eigenvalue weighted by Crippen LogP contribution is -2.08. The Labute approximate surface area is 88.6 Å². The number of esters is 1. The summed E-state index contributed by atoms with van der Waals surface area (Å²) in [7, 11) is 1.39. The van der Waals surface area contributed by atoms with Crippen LogP contribution in [0.25, 0.3) is 0 Å². The van der Waals surface area contributed by atoms with Crippen LogP contribution in [0.3, 0.4) is 0 Å². The Morgan fingerprint density at radius 3 is 2.93 bits per heavy atom. The Morgan fingerprint density at radius 2 is 2.13 bits per heavy atom. The van der Waals surface area contributed by atoms with E-state index in [0.717, 1.165) is 30.9 Å². The number of methoxy groups -OCH3 is 1. The molecule has 4 nitrogen and oxygen atoms in total. The fraction of sp³-hybridized carbons (Fsp3) is 0.364. The standard InChI is InChI=1S/C11H14N2O2/c1-15-11(14)8-4-2-5-9-10(8)13-7-3-6-12-9/h2,4-5,12-13H,3,6-7H2,1H3. The van der Waals surface area contributed by atoms with E-state index in [9.17, 15) is 4.79 Å². The summed E-state index contributed by atoms with van der Waals surface area (Å²) in [6.45, 7) is 1.79. The topological polar surface area (TPSA) is 50.4 Å². The predicted octanol–water partition coefficient (Wildman–Crippen LogP) is 1.70. The van der Waals surface area contributed by atoms with Crippen LogP contribution >= 0.6 is 0 Å². The molecule has 0 spiro atoms. The van der Waals surface area contributed by atoms with Gasteiger partial charge in [-0.05, 0) is 18.6 Å². The third-order valence-electron chi connectivity index (χ3n) is 2.44. The van der Waals surface area contributed by atoms with Crippen LogP contribution in [0, 0.1) is 0 Å². The minimum absolute atomic E-state index is 0.303. The normalized spacial score (nSPS) is 14.2. The third kappa shape index (κ3) is 1.88. The van der Waals surface area contributed by atoms with Gasteiger partial charge < -0.3 is 15.4 Å². The van der Waals surface area contributed by atoms with Crippen molar-refractivity contribution in [3.63, 3.8) is 0 Å². The molecule has 2 N–H and O–H groups in total. The summed E-state index contributed by atoms with van der Waals surface area (Å²) >= 11 is 0. The fourth-order valence-corrected chi connectivity index (χ4v) is 1.69. The minimum Gasteiger partial charge on any atom is -0.465 e. The molecule has 0 fully saturated rings. The van der Waals surface area contributed by atoms with Crippen LogP contribution in [0.5, 0.6) is 0 Å². The number of hydrogen-bond donors (Lipinski definition) is 2. The van der Waals surface area contributed by atoms with Crippen LogP contribution in [0.2, 0.25) is 0 Å². The van der Waals surface area contributed by atoms with Gasteiger partial charge in [0.15, 0.2) is 0 Å². The van der Waals surface area contributed by atoms with E-state index >= 15 is 0 Å². The summed E-state index contributed by atoms with van der Waals surface area (Å²) in [5.41, 5.74) is 2.40. The Bertz CT molecular complexity index is 377. The summed E-state index contributed by atoms with van der Waals surface area (Å²) < 4.78 is 4.74. The Morgan fingerprint density at radius 1 is 1.33 bits per heavy atom. The van der Waals surface area contributed by atoms with Crippen molar-refractivity contribution in [1.82, 2.24) is 0 Å².